The monoisotopic (exact) mass is 1230 g/mol. The molecule has 0 bridgehead atoms. The zero-order valence-electron chi connectivity index (χ0n) is 53.7. The molecule has 70 heavy (non-hydrogen) atoms. The van der Waals surface area contributed by atoms with Gasteiger partial charge in [-0.3, -0.25) is 0 Å². The molecule has 2 aromatic carbocycles. The van der Waals surface area contributed by atoms with Crippen LogP contribution in [0, 0.1) is 6.07 Å². The van der Waals surface area contributed by atoms with E-state index < -0.39 is 96.9 Å². The predicted octanol–water partition coefficient (Wildman–Crippen LogP) is 19.0. The molecule has 2 rings (SSSR count). The zero-order valence-corrected chi connectivity index (χ0v) is 68.9. The molecule has 16 heteroatoms. The molecule has 0 nitrogen and oxygen atoms in total. The molecule has 0 unspecified atom stereocenters. The number of benzene rings is 2. The molecule has 0 aliphatic carbocycles. The number of hydrogen-bond acceptors (Lipinski definition) is 2. The fourth-order valence-corrected chi connectivity index (χ4v) is 92.9. The smallest absolute Gasteiger partial charge is 0.844 e. The van der Waals surface area contributed by atoms with E-state index in [1.165, 1.54) is 5.46 Å². The van der Waals surface area contributed by atoms with Gasteiger partial charge in [0, 0.05) is 96.9 Å². The van der Waals surface area contributed by atoms with Gasteiger partial charge in [0.05, 0.1) is 0 Å². The van der Waals surface area contributed by atoms with Crippen molar-refractivity contribution in [1.29, 1.82) is 0 Å². The topological polar surface area (TPSA) is 0 Å². The fourth-order valence-electron chi connectivity index (χ4n) is 16.3. The van der Waals surface area contributed by atoms with E-state index in [9.17, 15) is 0 Å². The largest absolute Gasteiger partial charge is 3.00 e. The maximum absolute atomic E-state index is 6.10. The normalized spacial score (nSPS) is 14.8. The molecule has 0 saturated carbocycles. The van der Waals surface area contributed by atoms with Crippen LogP contribution in [0.15, 0.2) is 24.3 Å². The van der Waals surface area contributed by atoms with Crippen LogP contribution in [0.3, 0.4) is 0 Å². The molecule has 0 aromatic heterocycles. The molecule has 0 fully saturated rings. The maximum Gasteiger partial charge on any atom is 3.00 e. The molecule has 1 radical (unpaired) electrons. The average Bonchev–Trinajstić information content (AvgIpc) is 2.92. The maximum atomic E-state index is 6.10. The van der Waals surface area contributed by atoms with Gasteiger partial charge in [0.1, 0.15) is 0 Å². The molecule has 0 saturated heterocycles. The summed E-state index contributed by atoms with van der Waals surface area (Å²) in [5.41, 5.74) is 11.2. The summed E-state index contributed by atoms with van der Waals surface area (Å²) in [6.45, 7) is 93.8. The van der Waals surface area contributed by atoms with Crippen molar-refractivity contribution in [2.45, 2.75) is 267 Å². The van der Waals surface area contributed by atoms with Gasteiger partial charge >= 0.3 is 21.7 Å². The quantitative estimate of drug-likeness (QED) is 0.0781. The van der Waals surface area contributed by atoms with Crippen LogP contribution in [0.25, 0.3) is 0 Å². The minimum Gasteiger partial charge on any atom is -0.844 e. The summed E-state index contributed by atoms with van der Waals surface area (Å²) in [5.74, 6) is 0. The molecule has 0 atom stereocenters. The van der Waals surface area contributed by atoms with Crippen LogP contribution in [-0.4, -0.2) is 102 Å². The Labute approximate surface area is 479 Å². The van der Waals surface area contributed by atoms with E-state index in [0.29, 0.717) is 10.3 Å². The van der Waals surface area contributed by atoms with E-state index in [1.807, 2.05) is 0 Å². The van der Waals surface area contributed by atoms with Crippen LogP contribution in [0.1, 0.15) is 64.4 Å². The molecule has 0 spiro atoms. The van der Waals surface area contributed by atoms with Crippen LogP contribution in [0.2, 0.25) is 236 Å². The Morgan fingerprint density at radius 2 is 0.457 bits per heavy atom. The van der Waals surface area contributed by atoms with Crippen LogP contribution in [0.4, 0.5) is 0 Å². The summed E-state index contributed by atoms with van der Waals surface area (Å²) in [4.78, 5) is 0. The van der Waals surface area contributed by atoms with Crippen molar-refractivity contribution in [3.05, 3.63) is 63.7 Å². The third kappa shape index (κ3) is 20.0. The van der Waals surface area contributed by atoms with Crippen LogP contribution < -0.4 is 5.46 Å². The first-order valence-electron chi connectivity index (χ1n) is 27.3. The standard InChI is InChI=1S/C27H59BS2Si6.C27H59Si6.Ti/c1-31(2,3)25(32(4,5)6)21-19-22(26(33(7,8)9)34(10,11)12)24(28(29)30)23(20-21)27(35(13,14)15)36(16,17)18;1-28(2,3)25(29(4,5)6)22-19-23(26(30(7,8)9)31(10,11)12)21-24(20-22)27(32(13,14)15)33(16,17)18;/h19-20,25-27H,1-18H3;19-20,25-27H,1-18H3;/q-2;-1;+3. The summed E-state index contributed by atoms with van der Waals surface area (Å²) in [7, 11) is -17.3. The van der Waals surface area contributed by atoms with Gasteiger partial charge in [-0.05, 0) is 36.6 Å². The predicted molar refractivity (Wildman–Crippen MR) is 368 cm³/mol. The van der Waals surface area contributed by atoms with Crippen LogP contribution in [0.5, 0.6) is 0 Å². The van der Waals surface area contributed by atoms with E-state index in [0.717, 1.165) is 20.7 Å². The van der Waals surface area contributed by atoms with Gasteiger partial charge in [-0.25, -0.2) is 0 Å². The molecule has 401 valence electrons. The first-order chi connectivity index (χ1) is 29.7. The van der Waals surface area contributed by atoms with E-state index in [-0.39, 0.29) is 27.0 Å². The van der Waals surface area contributed by atoms with Gasteiger partial charge in [-0.1, -0.05) is 259 Å². The van der Waals surface area contributed by atoms with Crippen LogP contribution >= 0.6 is 0 Å². The molecule has 0 N–H and O–H groups in total. The van der Waals surface area contributed by atoms with E-state index in [2.05, 4.69) is 266 Å². The van der Waals surface area contributed by atoms with E-state index in [1.54, 1.807) is 33.4 Å². The van der Waals surface area contributed by atoms with Crippen molar-refractivity contribution in [3.63, 3.8) is 0 Å². The second-order valence-corrected chi connectivity index (χ2v) is 104. The van der Waals surface area contributed by atoms with Crippen molar-refractivity contribution in [1.82, 2.24) is 0 Å². The Kier molecular flexibility index (Phi) is 25.0. The second-order valence-electron chi connectivity index (χ2n) is 35.3. The Morgan fingerprint density at radius 1 is 0.286 bits per heavy atom. The van der Waals surface area contributed by atoms with Crippen molar-refractivity contribution in [2.75, 3.05) is 0 Å². The van der Waals surface area contributed by atoms with Crippen molar-refractivity contribution in [2.24, 2.45) is 0 Å². The van der Waals surface area contributed by atoms with Gasteiger partial charge in [-0.15, -0.1) is 5.46 Å². The molecule has 0 aliphatic rings. The summed E-state index contributed by atoms with van der Waals surface area (Å²) in [5, 5.41) is 4.14. The van der Waals surface area contributed by atoms with Gasteiger partial charge in [-0.2, -0.15) is 40.2 Å². The summed E-state index contributed by atoms with van der Waals surface area (Å²) < 4.78 is 0. The van der Waals surface area contributed by atoms with Crippen molar-refractivity contribution < 1.29 is 21.7 Å². The first-order valence-corrected chi connectivity index (χ1v) is 71.1. The zero-order chi connectivity index (χ0) is 55.6. The Balaban J connectivity index is 0.00000135. The molecule has 2 aromatic rings. The van der Waals surface area contributed by atoms with Gasteiger partial charge in [0.25, 0.3) is 0 Å². The Bertz CT molecular complexity index is 1750. The van der Waals surface area contributed by atoms with Crippen molar-refractivity contribution >= 4 is 133 Å². The number of rotatable bonds is 19. The average molecular weight is 1230 g/mol. The van der Waals surface area contributed by atoms with Gasteiger partial charge < -0.3 is 25.0 Å². The third-order valence-corrected chi connectivity index (χ3v) is 71.0. The summed E-state index contributed by atoms with van der Waals surface area (Å²) >= 11 is 12.2. The molecule has 0 aliphatic heterocycles. The second kappa shape index (κ2) is 24.1. The first kappa shape index (κ1) is 72.5. The minimum absolute atomic E-state index is 0. The third-order valence-electron chi connectivity index (χ3n) is 14.7. The molecular formula is C54H118BS2Si12Ti. The Hall–Kier alpha value is 2.52. The summed E-state index contributed by atoms with van der Waals surface area (Å²) in [6, 6.07) is 15.1. The van der Waals surface area contributed by atoms with Gasteiger partial charge in [0.2, 0.25) is 0 Å². The Morgan fingerprint density at radius 3 is 0.614 bits per heavy atom. The molecule has 0 amide bonds. The van der Waals surface area contributed by atoms with E-state index >= 15 is 0 Å². The number of hydrogen-bond donors (Lipinski definition) is 0. The fraction of sp³-hybridized carbons (Fsp3) is 0.778. The van der Waals surface area contributed by atoms with Crippen molar-refractivity contribution in [3.8, 4) is 0 Å². The SMILES string of the molecule is C[Si](C)(C)C(c1[c-]c(C([Si](C)(C)C)[Si](C)(C)C)cc(C([Si](C)(C)C)[Si](C)(C)C)c1)[Si](C)(C)C.C[Si](C)(C)C(c1cc(C([Si](C)(C)C)[Si](C)(C)C)c(B([S-])[S-])c(C([Si](C)(C)C)[Si](C)(C)C)c1)[Si](C)(C)C.[Ti+3]. The van der Waals surface area contributed by atoms with E-state index in [4.69, 9.17) is 25.0 Å². The molecular weight excluding hydrogens is 1110 g/mol. The van der Waals surface area contributed by atoms with Crippen LogP contribution in [-0.2, 0) is 46.7 Å². The van der Waals surface area contributed by atoms with Gasteiger partial charge in [0.15, 0.2) is 0 Å². The molecule has 0 heterocycles. The summed E-state index contributed by atoms with van der Waals surface area (Å²) in [6.07, 6.45) is 0. The minimum atomic E-state index is -1.52.